The summed E-state index contributed by atoms with van der Waals surface area (Å²) in [6.07, 6.45) is 6.06. The molecule has 0 heterocycles. The fourth-order valence-corrected chi connectivity index (χ4v) is 3.89. The Balaban J connectivity index is 0.00000196. The summed E-state index contributed by atoms with van der Waals surface area (Å²) < 4.78 is 5.88. The van der Waals surface area contributed by atoms with Crippen molar-refractivity contribution in [3.05, 3.63) is 65.7 Å². The van der Waals surface area contributed by atoms with Gasteiger partial charge < -0.3 is 15.8 Å². The number of hydrogen-bond acceptors (Lipinski definition) is 3. The van der Waals surface area contributed by atoms with E-state index in [1.807, 2.05) is 18.2 Å². The Hall–Kier alpha value is -1.55. The van der Waals surface area contributed by atoms with Crippen LogP contribution in [0, 0.1) is 0 Å². The zero-order chi connectivity index (χ0) is 17.1. The molecular weight excluding hydrogens is 344 g/mol. The van der Waals surface area contributed by atoms with E-state index in [1.54, 1.807) is 0 Å². The molecule has 2 fully saturated rings. The lowest BCUT2D eigenvalue weighted by Gasteiger charge is -2.27. The molecule has 140 valence electrons. The molecule has 2 aliphatic rings. The SMILES string of the molecule is Cl.NC1CCC(NC2CC2c2ccc(OCc3ccccc3)cc2)CC1. The van der Waals surface area contributed by atoms with Crippen LogP contribution in [0.2, 0.25) is 0 Å². The van der Waals surface area contributed by atoms with Gasteiger partial charge in [0.2, 0.25) is 0 Å². The van der Waals surface area contributed by atoms with E-state index >= 15 is 0 Å². The van der Waals surface area contributed by atoms with Crippen LogP contribution in [0.15, 0.2) is 54.6 Å². The number of ether oxygens (including phenoxy) is 1. The van der Waals surface area contributed by atoms with Crippen molar-refractivity contribution in [2.75, 3.05) is 0 Å². The first-order chi connectivity index (χ1) is 12.3. The number of benzene rings is 2. The van der Waals surface area contributed by atoms with Crippen molar-refractivity contribution in [1.82, 2.24) is 5.32 Å². The Kier molecular flexibility index (Phi) is 6.58. The van der Waals surface area contributed by atoms with Crippen LogP contribution in [-0.2, 0) is 6.61 Å². The zero-order valence-corrected chi connectivity index (χ0v) is 16.0. The van der Waals surface area contributed by atoms with Crippen LogP contribution in [0.5, 0.6) is 5.75 Å². The van der Waals surface area contributed by atoms with Gasteiger partial charge >= 0.3 is 0 Å². The highest BCUT2D eigenvalue weighted by Crippen LogP contribution is 2.42. The first-order valence-corrected chi connectivity index (χ1v) is 9.56. The number of halogens is 1. The van der Waals surface area contributed by atoms with Crippen LogP contribution in [0.1, 0.15) is 49.1 Å². The summed E-state index contributed by atoms with van der Waals surface area (Å²) >= 11 is 0. The van der Waals surface area contributed by atoms with Crippen molar-refractivity contribution in [2.45, 2.75) is 62.8 Å². The summed E-state index contributed by atoms with van der Waals surface area (Å²) in [5, 5.41) is 3.84. The fraction of sp³-hybridized carbons (Fsp3) is 0.455. The molecule has 2 atom stereocenters. The normalized spacial score (nSPS) is 27.4. The maximum Gasteiger partial charge on any atom is 0.119 e. The third-order valence-corrected chi connectivity index (χ3v) is 5.57. The Morgan fingerprint density at radius 3 is 2.31 bits per heavy atom. The van der Waals surface area contributed by atoms with Crippen molar-refractivity contribution in [3.63, 3.8) is 0 Å². The monoisotopic (exact) mass is 372 g/mol. The van der Waals surface area contributed by atoms with Crippen LogP contribution in [0.25, 0.3) is 0 Å². The summed E-state index contributed by atoms with van der Waals surface area (Å²) in [6, 6.07) is 20.7. The average Bonchev–Trinajstić information content (AvgIpc) is 3.42. The molecule has 4 heteroatoms. The molecule has 2 aliphatic carbocycles. The number of hydrogen-bond donors (Lipinski definition) is 2. The van der Waals surface area contributed by atoms with Crippen LogP contribution in [-0.4, -0.2) is 18.1 Å². The van der Waals surface area contributed by atoms with Gasteiger partial charge in [0.25, 0.3) is 0 Å². The van der Waals surface area contributed by atoms with Gasteiger partial charge in [0.05, 0.1) is 0 Å². The van der Waals surface area contributed by atoms with Gasteiger partial charge in [-0.2, -0.15) is 0 Å². The van der Waals surface area contributed by atoms with Crippen molar-refractivity contribution in [1.29, 1.82) is 0 Å². The van der Waals surface area contributed by atoms with Gasteiger partial charge in [0.15, 0.2) is 0 Å². The number of rotatable bonds is 6. The molecule has 2 saturated carbocycles. The van der Waals surface area contributed by atoms with Crippen LogP contribution < -0.4 is 15.8 Å². The van der Waals surface area contributed by atoms with Crippen molar-refractivity contribution in [2.24, 2.45) is 5.73 Å². The Labute approximate surface area is 162 Å². The van der Waals surface area contributed by atoms with Gasteiger partial charge in [-0.15, -0.1) is 12.4 Å². The minimum Gasteiger partial charge on any atom is -0.489 e. The van der Waals surface area contributed by atoms with E-state index in [-0.39, 0.29) is 12.4 Å². The molecule has 3 nitrogen and oxygen atoms in total. The summed E-state index contributed by atoms with van der Waals surface area (Å²) in [7, 11) is 0. The molecule has 0 amide bonds. The van der Waals surface area contributed by atoms with Gasteiger partial charge in [-0.3, -0.25) is 0 Å². The van der Waals surface area contributed by atoms with E-state index < -0.39 is 0 Å². The maximum atomic E-state index is 6.00. The molecule has 2 aromatic carbocycles. The number of nitrogens with one attached hydrogen (secondary N) is 1. The van der Waals surface area contributed by atoms with Gasteiger partial charge in [0.1, 0.15) is 12.4 Å². The van der Waals surface area contributed by atoms with Gasteiger partial charge in [-0.25, -0.2) is 0 Å². The van der Waals surface area contributed by atoms with E-state index in [0.29, 0.717) is 30.7 Å². The first-order valence-electron chi connectivity index (χ1n) is 9.56. The fourth-order valence-electron chi connectivity index (χ4n) is 3.89. The molecule has 0 spiro atoms. The lowest BCUT2D eigenvalue weighted by molar-refractivity contribution is 0.306. The third-order valence-electron chi connectivity index (χ3n) is 5.57. The molecule has 3 N–H and O–H groups in total. The van der Waals surface area contributed by atoms with Crippen molar-refractivity contribution >= 4 is 12.4 Å². The molecule has 26 heavy (non-hydrogen) atoms. The Morgan fingerprint density at radius 2 is 1.62 bits per heavy atom. The predicted octanol–water partition coefficient (Wildman–Crippen LogP) is 4.40. The average molecular weight is 373 g/mol. The van der Waals surface area contributed by atoms with Gasteiger partial charge in [-0.05, 0) is 55.4 Å². The maximum absolute atomic E-state index is 6.00. The molecule has 0 bridgehead atoms. The summed E-state index contributed by atoms with van der Waals surface area (Å²) in [5.74, 6) is 1.61. The van der Waals surface area contributed by atoms with Crippen LogP contribution >= 0.6 is 12.4 Å². The minimum absolute atomic E-state index is 0. The molecule has 4 rings (SSSR count). The van der Waals surface area contributed by atoms with Crippen LogP contribution in [0.4, 0.5) is 0 Å². The largest absolute Gasteiger partial charge is 0.489 e. The van der Waals surface area contributed by atoms with E-state index in [2.05, 4.69) is 41.7 Å². The Bertz CT molecular complexity index is 668. The summed E-state index contributed by atoms with van der Waals surface area (Å²) in [6.45, 7) is 0.623. The molecule has 0 saturated heterocycles. The van der Waals surface area contributed by atoms with Crippen LogP contribution in [0.3, 0.4) is 0 Å². The Morgan fingerprint density at radius 1 is 0.923 bits per heavy atom. The highest BCUT2D eigenvalue weighted by Gasteiger charge is 2.39. The summed E-state index contributed by atoms with van der Waals surface area (Å²) in [4.78, 5) is 0. The van der Waals surface area contributed by atoms with E-state index in [1.165, 1.54) is 43.2 Å². The second-order valence-corrected chi connectivity index (χ2v) is 7.57. The highest BCUT2D eigenvalue weighted by molar-refractivity contribution is 5.85. The second-order valence-electron chi connectivity index (χ2n) is 7.57. The molecule has 2 aromatic rings. The molecular formula is C22H29ClN2O. The van der Waals surface area contributed by atoms with E-state index in [4.69, 9.17) is 10.5 Å². The molecule has 2 unspecified atom stereocenters. The lowest BCUT2D eigenvalue weighted by Crippen LogP contribution is -2.38. The molecule has 0 aliphatic heterocycles. The zero-order valence-electron chi connectivity index (χ0n) is 15.1. The molecule has 0 aromatic heterocycles. The molecule has 0 radical (unpaired) electrons. The predicted molar refractivity (Wildman–Crippen MR) is 109 cm³/mol. The van der Waals surface area contributed by atoms with Crippen molar-refractivity contribution < 1.29 is 4.74 Å². The number of nitrogens with two attached hydrogens (primary N) is 1. The lowest BCUT2D eigenvalue weighted by atomic mass is 9.92. The minimum atomic E-state index is 0. The standard InChI is InChI=1S/C22H28N2O.ClH/c23-18-8-10-19(11-9-18)24-22-14-21(22)17-6-12-20(13-7-17)25-15-16-4-2-1-3-5-16;/h1-7,12-13,18-19,21-22,24H,8-11,14-15,23H2;1H. The third kappa shape index (κ3) is 5.00. The van der Waals surface area contributed by atoms with E-state index in [0.717, 1.165) is 5.75 Å². The summed E-state index contributed by atoms with van der Waals surface area (Å²) in [5.41, 5.74) is 8.63. The van der Waals surface area contributed by atoms with Gasteiger partial charge in [-0.1, -0.05) is 42.5 Å². The second kappa shape index (κ2) is 8.90. The first kappa shape index (κ1) is 19.2. The van der Waals surface area contributed by atoms with E-state index in [9.17, 15) is 0 Å². The van der Waals surface area contributed by atoms with Gasteiger partial charge in [0, 0.05) is 24.0 Å². The quantitative estimate of drug-likeness (QED) is 0.789. The topological polar surface area (TPSA) is 47.3 Å². The van der Waals surface area contributed by atoms with Crippen molar-refractivity contribution in [3.8, 4) is 5.75 Å². The highest BCUT2D eigenvalue weighted by atomic mass is 35.5. The smallest absolute Gasteiger partial charge is 0.119 e.